The minimum Gasteiger partial charge on any atom is -1.00 e. The monoisotopic (exact) mass is 596 g/mol. The number of anilines is 2. The molecule has 10 nitrogen and oxygen atoms in total. The van der Waals surface area contributed by atoms with Crippen molar-refractivity contribution in [2.45, 2.75) is 27.7 Å². The molecule has 0 saturated carbocycles. The zero-order chi connectivity index (χ0) is 27.9. The molecule has 0 heterocycles. The maximum atomic E-state index is 12.3. The fraction of sp³-hybridized carbons (Fsp3) is 0.429. The zero-order valence-corrected chi connectivity index (χ0v) is 25.2. The number of amides is 4. The largest absolute Gasteiger partial charge is 1.00 e. The second-order valence-corrected chi connectivity index (χ2v) is 8.99. The molecule has 0 spiro atoms. The molecule has 0 fully saturated rings. The van der Waals surface area contributed by atoms with Crippen LogP contribution in [0.5, 0.6) is 0 Å². The van der Waals surface area contributed by atoms with Crippen LogP contribution in [0.4, 0.5) is 11.4 Å². The van der Waals surface area contributed by atoms with Gasteiger partial charge in [-0.15, -0.1) is 0 Å². The molecule has 2 rings (SSSR count). The minimum atomic E-state index is -0.842. The van der Waals surface area contributed by atoms with Crippen molar-refractivity contribution in [2.75, 3.05) is 63.0 Å². The van der Waals surface area contributed by atoms with E-state index in [0.717, 1.165) is 39.3 Å². The SMILES string of the molecule is CC[NH+](CC)CCNC(=O)c1ccc(NC(=O)C(=O)Nc2ccc(C(=O)NCC[NH+](CC)CC)cc2)cc1.[Cl-].[Cl-]. The van der Waals surface area contributed by atoms with E-state index in [4.69, 9.17) is 0 Å². The number of rotatable bonds is 14. The van der Waals surface area contributed by atoms with Gasteiger partial charge in [0.05, 0.1) is 52.4 Å². The van der Waals surface area contributed by atoms with E-state index < -0.39 is 11.8 Å². The molecule has 0 radical (unpaired) electrons. The highest BCUT2D eigenvalue weighted by atomic mass is 35.5. The van der Waals surface area contributed by atoms with Gasteiger partial charge in [-0.1, -0.05) is 0 Å². The molecule has 0 aliphatic rings. The number of halogens is 2. The molecule has 0 aliphatic carbocycles. The van der Waals surface area contributed by atoms with E-state index in [1.807, 2.05) is 0 Å². The van der Waals surface area contributed by atoms with Gasteiger partial charge in [0, 0.05) is 22.5 Å². The molecule has 12 heteroatoms. The van der Waals surface area contributed by atoms with Crippen LogP contribution >= 0.6 is 0 Å². The van der Waals surface area contributed by atoms with Crippen LogP contribution in [-0.4, -0.2) is 76.0 Å². The van der Waals surface area contributed by atoms with Crippen molar-refractivity contribution >= 4 is 35.0 Å². The Balaban J connectivity index is 0.00000760. The van der Waals surface area contributed by atoms with Crippen molar-refractivity contribution in [2.24, 2.45) is 0 Å². The van der Waals surface area contributed by atoms with E-state index in [2.05, 4.69) is 49.0 Å². The Morgan fingerprint density at radius 1 is 0.550 bits per heavy atom. The number of quaternary nitrogens is 2. The molecule has 2 aromatic rings. The Bertz CT molecular complexity index is 974. The van der Waals surface area contributed by atoms with E-state index in [1.54, 1.807) is 48.5 Å². The van der Waals surface area contributed by atoms with Crippen molar-refractivity contribution in [3.05, 3.63) is 59.7 Å². The first-order chi connectivity index (χ1) is 18.3. The number of nitrogens with one attached hydrogen (secondary N) is 6. The van der Waals surface area contributed by atoms with Crippen molar-refractivity contribution < 1.29 is 53.8 Å². The Hall–Kier alpha value is -3.18. The van der Waals surface area contributed by atoms with Gasteiger partial charge < -0.3 is 55.9 Å². The average Bonchev–Trinajstić information content (AvgIpc) is 2.94. The summed E-state index contributed by atoms with van der Waals surface area (Å²) < 4.78 is 0. The number of hydrogen-bond donors (Lipinski definition) is 6. The summed E-state index contributed by atoms with van der Waals surface area (Å²) >= 11 is 0. The Morgan fingerprint density at radius 2 is 0.850 bits per heavy atom. The number of likely N-dealkylation sites (N-methyl/N-ethyl adjacent to an activating group) is 2. The van der Waals surface area contributed by atoms with E-state index in [-0.39, 0.29) is 36.6 Å². The van der Waals surface area contributed by atoms with Crippen LogP contribution in [0, 0.1) is 0 Å². The first-order valence-electron chi connectivity index (χ1n) is 13.4. The number of carbonyl (C=O) groups is 4. The summed E-state index contributed by atoms with van der Waals surface area (Å²) in [6, 6.07) is 12.7. The van der Waals surface area contributed by atoms with E-state index in [1.165, 1.54) is 9.80 Å². The summed E-state index contributed by atoms with van der Waals surface area (Å²) in [7, 11) is 0. The Labute approximate surface area is 249 Å². The molecule has 222 valence electrons. The third-order valence-electron chi connectivity index (χ3n) is 6.54. The first-order valence-corrected chi connectivity index (χ1v) is 13.4. The number of benzene rings is 2. The van der Waals surface area contributed by atoms with Gasteiger partial charge in [-0.05, 0) is 76.2 Å². The fourth-order valence-corrected chi connectivity index (χ4v) is 3.90. The van der Waals surface area contributed by atoms with E-state index in [0.29, 0.717) is 35.6 Å². The summed E-state index contributed by atoms with van der Waals surface area (Å²) in [6.07, 6.45) is 0. The van der Waals surface area contributed by atoms with Crippen LogP contribution in [0.1, 0.15) is 48.4 Å². The van der Waals surface area contributed by atoms with Gasteiger partial charge >= 0.3 is 11.8 Å². The number of hydrogen-bond acceptors (Lipinski definition) is 4. The van der Waals surface area contributed by atoms with Crippen LogP contribution in [0.3, 0.4) is 0 Å². The smallest absolute Gasteiger partial charge is 0.314 e. The molecule has 40 heavy (non-hydrogen) atoms. The first kappa shape index (κ1) is 36.8. The lowest BCUT2D eigenvalue weighted by molar-refractivity contribution is -0.895. The summed E-state index contributed by atoms with van der Waals surface area (Å²) in [4.78, 5) is 52.1. The quantitative estimate of drug-likeness (QED) is 0.121. The molecule has 0 saturated heterocycles. The van der Waals surface area contributed by atoms with Crippen LogP contribution < -0.4 is 55.9 Å². The molecule has 0 unspecified atom stereocenters. The molecular formula is C28H42Cl2N6O4. The topological polar surface area (TPSA) is 125 Å². The van der Waals surface area contributed by atoms with Gasteiger partial charge in [-0.25, -0.2) is 0 Å². The maximum absolute atomic E-state index is 12.3. The van der Waals surface area contributed by atoms with Crippen LogP contribution in [0.25, 0.3) is 0 Å². The molecule has 0 aliphatic heterocycles. The van der Waals surface area contributed by atoms with E-state index in [9.17, 15) is 19.2 Å². The minimum absolute atomic E-state index is 0. The van der Waals surface area contributed by atoms with Crippen molar-refractivity contribution in [3.8, 4) is 0 Å². The summed E-state index contributed by atoms with van der Waals surface area (Å²) in [5, 5.41) is 10.8. The second kappa shape index (κ2) is 19.8. The fourth-order valence-electron chi connectivity index (χ4n) is 3.90. The summed E-state index contributed by atoms with van der Waals surface area (Å²) in [6.45, 7) is 15.4. The molecule has 4 amide bonds. The zero-order valence-electron chi connectivity index (χ0n) is 23.7. The maximum Gasteiger partial charge on any atom is 0.314 e. The highest BCUT2D eigenvalue weighted by Gasteiger charge is 2.15. The van der Waals surface area contributed by atoms with Gasteiger partial charge in [0.1, 0.15) is 0 Å². The second-order valence-electron chi connectivity index (χ2n) is 8.99. The predicted molar refractivity (Wildman–Crippen MR) is 149 cm³/mol. The Morgan fingerprint density at radius 3 is 1.12 bits per heavy atom. The van der Waals surface area contributed by atoms with Crippen LogP contribution in [0.15, 0.2) is 48.5 Å². The van der Waals surface area contributed by atoms with Gasteiger partial charge in [-0.2, -0.15) is 0 Å². The van der Waals surface area contributed by atoms with Crippen LogP contribution in [0.2, 0.25) is 0 Å². The molecule has 2 aromatic carbocycles. The number of carbonyl (C=O) groups excluding carboxylic acids is 4. The summed E-state index contributed by atoms with van der Waals surface area (Å²) in [5.41, 5.74) is 1.74. The van der Waals surface area contributed by atoms with Crippen molar-refractivity contribution in [1.29, 1.82) is 0 Å². The highest BCUT2D eigenvalue weighted by Crippen LogP contribution is 2.12. The third-order valence-corrected chi connectivity index (χ3v) is 6.54. The summed E-state index contributed by atoms with van der Waals surface area (Å²) in [5.74, 6) is -2.06. The van der Waals surface area contributed by atoms with Gasteiger partial charge in [-0.3, -0.25) is 19.2 Å². The van der Waals surface area contributed by atoms with E-state index >= 15 is 0 Å². The predicted octanol–water partition coefficient (Wildman–Crippen LogP) is -6.42. The van der Waals surface area contributed by atoms with Gasteiger partial charge in [0.2, 0.25) is 0 Å². The van der Waals surface area contributed by atoms with Gasteiger partial charge in [0.25, 0.3) is 11.8 Å². The molecular weight excluding hydrogens is 555 g/mol. The van der Waals surface area contributed by atoms with Crippen LogP contribution in [-0.2, 0) is 9.59 Å². The standard InChI is InChI=1S/C28H40N6O4.2ClH/c1-5-33(6-2)19-17-29-25(35)21-9-13-23(14-10-21)31-27(37)28(38)32-24-15-11-22(12-16-24)26(36)30-18-20-34(7-3)8-4;;/h9-16H,5-8,17-20H2,1-4H3,(H,29,35)(H,30,36)(H,31,37)(H,32,38);2*1H. The third kappa shape index (κ3) is 12.3. The van der Waals surface area contributed by atoms with Crippen molar-refractivity contribution in [1.82, 2.24) is 10.6 Å². The van der Waals surface area contributed by atoms with Crippen molar-refractivity contribution in [3.63, 3.8) is 0 Å². The molecule has 0 bridgehead atoms. The lowest BCUT2D eigenvalue weighted by Crippen LogP contribution is -3.12. The molecule has 6 N–H and O–H groups in total. The van der Waals surface area contributed by atoms with Gasteiger partial charge in [0.15, 0.2) is 0 Å². The lowest BCUT2D eigenvalue weighted by atomic mass is 10.2. The average molecular weight is 598 g/mol. The highest BCUT2D eigenvalue weighted by molar-refractivity contribution is 6.43. The molecule has 0 atom stereocenters. The molecule has 0 aromatic heterocycles. The normalized spacial score (nSPS) is 10.2. The Kier molecular flexibility index (Phi) is 18.2. The lowest BCUT2D eigenvalue weighted by Gasteiger charge is -2.15.